The monoisotopic (exact) mass is 430 g/mol. The van der Waals surface area contributed by atoms with Gasteiger partial charge in [0.25, 0.3) is 5.56 Å². The Hall–Kier alpha value is -4.02. The number of carbonyl (C=O) groups is 1. The third-order valence-electron chi connectivity index (χ3n) is 4.57. The van der Waals surface area contributed by atoms with Crippen LogP contribution in [0.4, 0.5) is 4.39 Å². The molecule has 0 saturated carbocycles. The van der Waals surface area contributed by atoms with Crippen LogP contribution >= 0.6 is 11.3 Å². The molecule has 0 saturated heterocycles. The summed E-state index contributed by atoms with van der Waals surface area (Å²) in [6.07, 6.45) is 3.03. The molecule has 0 amide bonds. The molecule has 2 aromatic heterocycles. The topological polar surface area (TPSA) is 76.0 Å². The number of furan rings is 1. The van der Waals surface area contributed by atoms with Gasteiger partial charge in [0.1, 0.15) is 27.9 Å². The smallest absolute Gasteiger partial charge is 0.273 e. The fourth-order valence-electron chi connectivity index (χ4n) is 3.13. The number of Topliss-reactive ketones (excluding diaryl/α,β-unsaturated/α-hetero) is 1. The van der Waals surface area contributed by atoms with Gasteiger partial charge in [-0.25, -0.2) is 4.39 Å². The van der Waals surface area contributed by atoms with Crippen molar-refractivity contribution in [1.29, 1.82) is 5.26 Å². The molecule has 0 spiro atoms. The lowest BCUT2D eigenvalue weighted by Crippen LogP contribution is -2.31. The molecule has 0 N–H and O–H groups in total. The normalized spacial score (nSPS) is 12.5. The third kappa shape index (κ3) is 3.89. The minimum absolute atomic E-state index is 0.129. The van der Waals surface area contributed by atoms with Crippen LogP contribution in [0.5, 0.6) is 0 Å². The van der Waals surface area contributed by atoms with E-state index in [1.54, 1.807) is 36.4 Å². The zero-order valence-corrected chi connectivity index (χ0v) is 17.2. The maximum Gasteiger partial charge on any atom is 0.273 e. The van der Waals surface area contributed by atoms with Gasteiger partial charge in [0.2, 0.25) is 5.78 Å². The molecule has 0 radical (unpaired) electrons. The molecule has 152 valence electrons. The molecule has 4 aromatic rings. The second kappa shape index (κ2) is 8.38. The molecule has 0 aliphatic heterocycles. The summed E-state index contributed by atoms with van der Waals surface area (Å²) in [6.45, 7) is 1.87. The quantitative estimate of drug-likeness (QED) is 0.466. The van der Waals surface area contributed by atoms with Crippen LogP contribution in [0, 0.1) is 24.1 Å². The van der Waals surface area contributed by atoms with Crippen LogP contribution < -0.4 is 14.8 Å². The van der Waals surface area contributed by atoms with E-state index in [4.69, 9.17) is 4.42 Å². The van der Waals surface area contributed by atoms with Crippen LogP contribution in [-0.4, -0.2) is 10.4 Å². The number of ketones is 1. The molecule has 5 nitrogen and oxygen atoms in total. The van der Waals surface area contributed by atoms with E-state index in [1.165, 1.54) is 29.0 Å². The molecule has 0 aliphatic rings. The molecule has 7 heteroatoms. The average molecular weight is 430 g/mol. The maximum atomic E-state index is 14.2. The van der Waals surface area contributed by atoms with Gasteiger partial charge in [0, 0.05) is 6.08 Å². The fourth-order valence-corrected chi connectivity index (χ4v) is 4.21. The number of halogens is 1. The van der Waals surface area contributed by atoms with E-state index in [9.17, 15) is 19.2 Å². The molecular formula is C24H15FN2O3S. The molecule has 0 atom stereocenters. The second-order valence-electron chi connectivity index (χ2n) is 6.71. The van der Waals surface area contributed by atoms with Crippen molar-refractivity contribution in [3.8, 4) is 11.8 Å². The predicted octanol–water partition coefficient (Wildman–Crippen LogP) is 3.33. The standard InChI is InChI=1S/C24H15FN2O3S/c1-15-6-4-7-16(12-15)27-23(29)21(13-17-8-5-11-30-17)31-24(27)19(14-26)22(28)18-9-2-3-10-20(18)25/h2-13H,1H3/b21-13+,24-19-. The number of rotatable bonds is 4. The Morgan fingerprint density at radius 2 is 1.97 bits per heavy atom. The molecule has 2 heterocycles. The number of carbonyl (C=O) groups excluding carboxylic acids is 1. The van der Waals surface area contributed by atoms with Crippen molar-refractivity contribution < 1.29 is 13.6 Å². The molecular weight excluding hydrogens is 415 g/mol. The van der Waals surface area contributed by atoms with E-state index < -0.39 is 17.2 Å². The molecule has 0 fully saturated rings. The van der Waals surface area contributed by atoms with E-state index in [0.29, 0.717) is 11.4 Å². The van der Waals surface area contributed by atoms with Crippen molar-refractivity contribution in [2.24, 2.45) is 0 Å². The highest BCUT2D eigenvalue weighted by atomic mass is 32.1. The molecule has 0 unspecified atom stereocenters. The first kappa shape index (κ1) is 20.3. The Kier molecular flexibility index (Phi) is 5.48. The summed E-state index contributed by atoms with van der Waals surface area (Å²) in [5, 5.41) is 9.82. The summed E-state index contributed by atoms with van der Waals surface area (Å²) in [4.78, 5) is 26.3. The van der Waals surface area contributed by atoms with Gasteiger partial charge in [-0.2, -0.15) is 5.26 Å². The molecule has 0 aliphatic carbocycles. The summed E-state index contributed by atoms with van der Waals surface area (Å²) in [5.74, 6) is -1.06. The molecule has 2 aromatic carbocycles. The van der Waals surface area contributed by atoms with Crippen LogP contribution in [0.2, 0.25) is 0 Å². The predicted molar refractivity (Wildman–Crippen MR) is 116 cm³/mol. The van der Waals surface area contributed by atoms with Gasteiger partial charge in [-0.1, -0.05) is 24.3 Å². The Morgan fingerprint density at radius 3 is 2.65 bits per heavy atom. The van der Waals surface area contributed by atoms with E-state index in [0.717, 1.165) is 23.0 Å². The van der Waals surface area contributed by atoms with Crippen molar-refractivity contribution in [1.82, 2.24) is 4.57 Å². The van der Waals surface area contributed by atoms with E-state index in [-0.39, 0.29) is 20.3 Å². The van der Waals surface area contributed by atoms with Gasteiger partial charge in [0.15, 0.2) is 0 Å². The number of nitrogens with zero attached hydrogens (tertiary/aromatic N) is 2. The molecule has 4 rings (SSSR count). The Bertz CT molecular complexity index is 1510. The minimum Gasteiger partial charge on any atom is -0.465 e. The van der Waals surface area contributed by atoms with Crippen LogP contribution in [0.1, 0.15) is 21.7 Å². The highest BCUT2D eigenvalue weighted by Crippen LogP contribution is 2.14. The van der Waals surface area contributed by atoms with E-state index in [2.05, 4.69) is 0 Å². The van der Waals surface area contributed by atoms with Crippen molar-refractivity contribution >= 4 is 28.8 Å². The Labute approximate surface area is 180 Å². The second-order valence-corrected chi connectivity index (χ2v) is 7.74. The lowest BCUT2D eigenvalue weighted by atomic mass is 10.0. The summed E-state index contributed by atoms with van der Waals surface area (Å²) in [6, 6.07) is 17.8. The minimum atomic E-state index is -0.784. The fraction of sp³-hybridized carbons (Fsp3) is 0.0417. The van der Waals surface area contributed by atoms with Crippen LogP contribution in [0.25, 0.3) is 17.3 Å². The average Bonchev–Trinajstić information content (AvgIpc) is 3.37. The lowest BCUT2D eigenvalue weighted by Gasteiger charge is -2.05. The SMILES string of the molecule is Cc1cccc(-n2c(=O)/c(=C\c3ccco3)s/c2=C(/C#N)C(=O)c2ccccc2F)c1. The van der Waals surface area contributed by atoms with Crippen molar-refractivity contribution in [2.45, 2.75) is 6.92 Å². The highest BCUT2D eigenvalue weighted by molar-refractivity contribution is 7.07. The van der Waals surface area contributed by atoms with Crippen molar-refractivity contribution in [3.63, 3.8) is 0 Å². The summed E-state index contributed by atoms with van der Waals surface area (Å²) in [7, 11) is 0. The van der Waals surface area contributed by atoms with E-state index >= 15 is 0 Å². The van der Waals surface area contributed by atoms with Crippen LogP contribution in [0.3, 0.4) is 0 Å². The largest absolute Gasteiger partial charge is 0.465 e. The molecule has 0 bridgehead atoms. The van der Waals surface area contributed by atoms with Gasteiger partial charge in [-0.05, 0) is 48.9 Å². The van der Waals surface area contributed by atoms with Crippen LogP contribution in [-0.2, 0) is 0 Å². The van der Waals surface area contributed by atoms with Gasteiger partial charge < -0.3 is 4.42 Å². The summed E-state index contributed by atoms with van der Waals surface area (Å²) in [5.41, 5.74) is 0.456. The van der Waals surface area contributed by atoms with Gasteiger partial charge >= 0.3 is 0 Å². The first-order valence-electron chi connectivity index (χ1n) is 9.27. The maximum absolute atomic E-state index is 14.2. The number of benzene rings is 2. The first-order chi connectivity index (χ1) is 15.0. The van der Waals surface area contributed by atoms with Crippen LogP contribution in [0.15, 0.2) is 76.1 Å². The number of hydrogen-bond donors (Lipinski definition) is 0. The molecule has 31 heavy (non-hydrogen) atoms. The zero-order valence-electron chi connectivity index (χ0n) is 16.3. The van der Waals surface area contributed by atoms with E-state index in [1.807, 2.05) is 19.1 Å². The number of hydrogen-bond acceptors (Lipinski definition) is 5. The zero-order chi connectivity index (χ0) is 22.0. The highest BCUT2D eigenvalue weighted by Gasteiger charge is 2.21. The van der Waals surface area contributed by atoms with Gasteiger partial charge in [-0.3, -0.25) is 14.2 Å². The third-order valence-corrected chi connectivity index (χ3v) is 5.66. The number of aryl methyl sites for hydroxylation is 1. The summed E-state index contributed by atoms with van der Waals surface area (Å²) < 4.78 is 21.3. The number of thiazole rings is 1. The Balaban J connectivity index is 2.09. The van der Waals surface area contributed by atoms with Gasteiger partial charge in [0.05, 0.1) is 22.0 Å². The lowest BCUT2D eigenvalue weighted by molar-refractivity contribution is 0.105. The number of aromatic nitrogens is 1. The Morgan fingerprint density at radius 1 is 1.16 bits per heavy atom. The first-order valence-corrected chi connectivity index (χ1v) is 10.1. The van der Waals surface area contributed by atoms with Crippen molar-refractivity contribution in [2.75, 3.05) is 0 Å². The van der Waals surface area contributed by atoms with Gasteiger partial charge in [-0.15, -0.1) is 11.3 Å². The summed E-state index contributed by atoms with van der Waals surface area (Å²) >= 11 is 0.979. The number of nitriles is 1. The van der Waals surface area contributed by atoms with Crippen molar-refractivity contribution in [3.05, 3.63) is 109 Å².